The van der Waals surface area contributed by atoms with E-state index in [1.807, 2.05) is 54.6 Å². The molecule has 5 heteroatoms. The average molecular weight is 311 g/mol. The molecule has 0 fully saturated rings. The molecule has 0 radical (unpaired) electrons. The van der Waals surface area contributed by atoms with Gasteiger partial charge in [-0.15, -0.1) is 0 Å². The summed E-state index contributed by atoms with van der Waals surface area (Å²) in [4.78, 5) is 25.2. The first kappa shape index (κ1) is 15.1. The molecule has 0 saturated heterocycles. The number of fused-ring (bicyclic) bond motifs is 1. The maximum absolute atomic E-state index is 12.4. The highest BCUT2D eigenvalue weighted by atomic mass is 16.6. The summed E-state index contributed by atoms with van der Waals surface area (Å²) in [5.41, 5.74) is 2.46. The topological polar surface area (TPSA) is 66.8 Å². The van der Waals surface area contributed by atoms with Gasteiger partial charge in [-0.1, -0.05) is 48.5 Å². The number of amides is 1. The predicted molar refractivity (Wildman–Crippen MR) is 85.2 cm³/mol. The number of benzene rings is 2. The van der Waals surface area contributed by atoms with E-state index in [1.165, 1.54) is 4.90 Å². The molecule has 1 N–H and O–H groups in total. The molecule has 1 aliphatic heterocycles. The van der Waals surface area contributed by atoms with Crippen molar-refractivity contribution in [1.82, 2.24) is 0 Å². The summed E-state index contributed by atoms with van der Waals surface area (Å²) < 4.78 is 5.35. The average Bonchev–Trinajstić information content (AvgIpc) is 2.59. The summed E-state index contributed by atoms with van der Waals surface area (Å²) in [5.74, 6) is -1.52. The number of nitrogens with zero attached hydrogens (tertiary/aromatic N) is 1. The zero-order valence-corrected chi connectivity index (χ0v) is 12.5. The van der Waals surface area contributed by atoms with Crippen LogP contribution in [0.5, 0.6) is 0 Å². The Kier molecular flexibility index (Phi) is 4.28. The van der Waals surface area contributed by atoms with Gasteiger partial charge in [-0.2, -0.15) is 0 Å². The molecule has 2 aromatic carbocycles. The van der Waals surface area contributed by atoms with Crippen molar-refractivity contribution in [2.24, 2.45) is 5.92 Å². The van der Waals surface area contributed by atoms with Gasteiger partial charge in [-0.05, 0) is 23.6 Å². The van der Waals surface area contributed by atoms with E-state index in [1.54, 1.807) is 0 Å². The van der Waals surface area contributed by atoms with E-state index in [0.717, 1.165) is 16.8 Å². The quantitative estimate of drug-likeness (QED) is 0.946. The van der Waals surface area contributed by atoms with Gasteiger partial charge in [0.1, 0.15) is 6.61 Å². The van der Waals surface area contributed by atoms with Crippen LogP contribution in [0.25, 0.3) is 0 Å². The number of aliphatic carboxylic acids is 1. The standard InChI is InChI=1S/C18H17NO4/c20-17(21)15-10-14-8-4-5-9-16(14)19(11-15)18(22)23-12-13-6-2-1-3-7-13/h1-9,15H,10-12H2,(H,20,21)/t15-/m0/s1. The van der Waals surface area contributed by atoms with E-state index < -0.39 is 18.0 Å². The third-order valence-corrected chi connectivity index (χ3v) is 3.93. The van der Waals surface area contributed by atoms with E-state index in [9.17, 15) is 14.7 Å². The maximum atomic E-state index is 12.4. The predicted octanol–water partition coefficient (Wildman–Crippen LogP) is 3.09. The minimum atomic E-state index is -0.902. The molecule has 0 bridgehead atoms. The van der Waals surface area contributed by atoms with Crippen molar-refractivity contribution in [2.75, 3.05) is 11.4 Å². The summed E-state index contributed by atoms with van der Waals surface area (Å²) in [6, 6.07) is 16.7. The Morgan fingerprint density at radius 2 is 1.78 bits per heavy atom. The lowest BCUT2D eigenvalue weighted by atomic mass is 9.93. The van der Waals surface area contributed by atoms with Crippen LogP contribution < -0.4 is 4.90 Å². The second-order valence-corrected chi connectivity index (χ2v) is 5.52. The molecule has 0 unspecified atom stereocenters. The fraction of sp³-hybridized carbons (Fsp3) is 0.222. The Balaban J connectivity index is 1.77. The molecule has 1 atom stereocenters. The van der Waals surface area contributed by atoms with Gasteiger partial charge in [0.15, 0.2) is 0 Å². The largest absolute Gasteiger partial charge is 0.481 e. The molecule has 1 amide bonds. The minimum Gasteiger partial charge on any atom is -0.481 e. The number of anilines is 1. The first-order chi connectivity index (χ1) is 11.1. The highest BCUT2D eigenvalue weighted by Gasteiger charge is 2.32. The number of rotatable bonds is 3. The van der Waals surface area contributed by atoms with Crippen molar-refractivity contribution in [2.45, 2.75) is 13.0 Å². The molecular formula is C18H17NO4. The van der Waals surface area contributed by atoms with Crippen molar-refractivity contribution in [1.29, 1.82) is 0 Å². The lowest BCUT2D eigenvalue weighted by Crippen LogP contribution is -2.42. The van der Waals surface area contributed by atoms with Gasteiger partial charge in [0.2, 0.25) is 0 Å². The first-order valence-corrected chi connectivity index (χ1v) is 7.44. The second kappa shape index (κ2) is 6.52. The van der Waals surface area contributed by atoms with Crippen LogP contribution >= 0.6 is 0 Å². The minimum absolute atomic E-state index is 0.125. The van der Waals surface area contributed by atoms with Crippen molar-refractivity contribution >= 4 is 17.7 Å². The molecule has 0 aromatic heterocycles. The van der Waals surface area contributed by atoms with Crippen LogP contribution in [0.2, 0.25) is 0 Å². The molecule has 5 nitrogen and oxygen atoms in total. The number of carbonyl (C=O) groups is 2. The molecule has 0 aliphatic carbocycles. The summed E-state index contributed by atoms with van der Waals surface area (Å²) >= 11 is 0. The number of hydrogen-bond donors (Lipinski definition) is 1. The van der Waals surface area contributed by atoms with Crippen LogP contribution in [-0.2, 0) is 22.6 Å². The van der Waals surface area contributed by atoms with Crippen molar-refractivity contribution in [3.8, 4) is 0 Å². The Morgan fingerprint density at radius 3 is 2.52 bits per heavy atom. The van der Waals surface area contributed by atoms with E-state index in [-0.39, 0.29) is 13.2 Å². The maximum Gasteiger partial charge on any atom is 0.414 e. The zero-order valence-electron chi connectivity index (χ0n) is 12.5. The molecule has 1 aliphatic rings. The smallest absolute Gasteiger partial charge is 0.414 e. The fourth-order valence-corrected chi connectivity index (χ4v) is 2.73. The first-order valence-electron chi connectivity index (χ1n) is 7.44. The lowest BCUT2D eigenvalue weighted by Gasteiger charge is -2.32. The van der Waals surface area contributed by atoms with Crippen LogP contribution in [0.15, 0.2) is 54.6 Å². The van der Waals surface area contributed by atoms with E-state index in [2.05, 4.69) is 0 Å². The second-order valence-electron chi connectivity index (χ2n) is 5.52. The highest BCUT2D eigenvalue weighted by Crippen LogP contribution is 2.30. The van der Waals surface area contributed by atoms with Gasteiger partial charge >= 0.3 is 12.1 Å². The number of ether oxygens (including phenoxy) is 1. The Labute approximate surface area is 134 Å². The fourth-order valence-electron chi connectivity index (χ4n) is 2.73. The molecule has 1 heterocycles. The molecule has 0 spiro atoms. The third kappa shape index (κ3) is 3.34. The summed E-state index contributed by atoms with van der Waals surface area (Å²) in [7, 11) is 0. The van der Waals surface area contributed by atoms with Crippen LogP contribution in [0, 0.1) is 5.92 Å². The van der Waals surface area contributed by atoms with E-state index >= 15 is 0 Å². The normalized spacial score (nSPS) is 16.5. The van der Waals surface area contributed by atoms with Gasteiger partial charge < -0.3 is 9.84 Å². The van der Waals surface area contributed by atoms with Crippen molar-refractivity contribution < 1.29 is 19.4 Å². The van der Waals surface area contributed by atoms with Gasteiger partial charge in [0.05, 0.1) is 11.6 Å². The molecule has 23 heavy (non-hydrogen) atoms. The van der Waals surface area contributed by atoms with Crippen molar-refractivity contribution in [3.63, 3.8) is 0 Å². The summed E-state index contributed by atoms with van der Waals surface area (Å²) in [6.07, 6.45) is -0.0965. The van der Waals surface area contributed by atoms with Gasteiger partial charge in [0, 0.05) is 6.54 Å². The van der Waals surface area contributed by atoms with Gasteiger partial charge in [0.25, 0.3) is 0 Å². The zero-order chi connectivity index (χ0) is 16.2. The lowest BCUT2D eigenvalue weighted by molar-refractivity contribution is -0.141. The molecule has 0 saturated carbocycles. The number of carbonyl (C=O) groups excluding carboxylic acids is 1. The number of carboxylic acid groups (broad SMARTS) is 1. The summed E-state index contributed by atoms with van der Waals surface area (Å²) in [6.45, 7) is 0.288. The van der Waals surface area contributed by atoms with Gasteiger partial charge in [-0.3, -0.25) is 9.69 Å². The van der Waals surface area contributed by atoms with Gasteiger partial charge in [-0.25, -0.2) is 4.79 Å². The van der Waals surface area contributed by atoms with Crippen LogP contribution in [0.1, 0.15) is 11.1 Å². The third-order valence-electron chi connectivity index (χ3n) is 3.93. The number of hydrogen-bond acceptors (Lipinski definition) is 3. The monoisotopic (exact) mass is 311 g/mol. The number of para-hydroxylation sites is 1. The van der Waals surface area contributed by atoms with Crippen LogP contribution in [0.4, 0.5) is 10.5 Å². The highest BCUT2D eigenvalue weighted by molar-refractivity contribution is 5.91. The molecule has 3 rings (SSSR count). The molecular weight excluding hydrogens is 294 g/mol. The Bertz CT molecular complexity index is 714. The van der Waals surface area contributed by atoms with Crippen LogP contribution in [0.3, 0.4) is 0 Å². The number of carboxylic acids is 1. The molecule has 118 valence electrons. The van der Waals surface area contributed by atoms with Crippen LogP contribution in [-0.4, -0.2) is 23.7 Å². The Morgan fingerprint density at radius 1 is 1.09 bits per heavy atom. The van der Waals surface area contributed by atoms with E-state index in [4.69, 9.17) is 4.74 Å². The Hall–Kier alpha value is -2.82. The van der Waals surface area contributed by atoms with Crippen molar-refractivity contribution in [3.05, 3.63) is 65.7 Å². The summed E-state index contributed by atoms with van der Waals surface area (Å²) in [5, 5.41) is 9.29. The molecule has 2 aromatic rings. The van der Waals surface area contributed by atoms with E-state index in [0.29, 0.717) is 6.42 Å². The SMILES string of the molecule is O=C(O)[C@H]1Cc2ccccc2N(C(=O)OCc2ccccc2)C1.